The number of aromatic nitrogens is 3. The number of anilines is 2. The van der Waals surface area contributed by atoms with Crippen LogP contribution in [0.1, 0.15) is 42.2 Å². The predicted octanol–water partition coefficient (Wildman–Crippen LogP) is 4.69. The van der Waals surface area contributed by atoms with Crippen molar-refractivity contribution in [1.82, 2.24) is 20.1 Å². The van der Waals surface area contributed by atoms with Crippen LogP contribution in [-0.2, 0) is 11.8 Å². The van der Waals surface area contributed by atoms with E-state index in [-0.39, 0.29) is 24.3 Å². The minimum Gasteiger partial charge on any atom is -0.371 e. The summed E-state index contributed by atoms with van der Waals surface area (Å²) in [5.74, 6) is -0.397. The van der Waals surface area contributed by atoms with Crippen LogP contribution in [0.15, 0.2) is 60.7 Å². The van der Waals surface area contributed by atoms with Crippen molar-refractivity contribution < 1.29 is 9.59 Å². The zero-order valence-electron chi connectivity index (χ0n) is 21.5. The molecule has 5 rings (SSSR count). The third kappa shape index (κ3) is 5.33. The lowest BCUT2D eigenvalue weighted by molar-refractivity contribution is -0.116. The number of nitrogens with one attached hydrogen (secondary N) is 2. The Labute approximate surface area is 216 Å². The summed E-state index contributed by atoms with van der Waals surface area (Å²) in [5, 5.41) is 11.2. The van der Waals surface area contributed by atoms with E-state index in [1.807, 2.05) is 69.4 Å². The molecule has 1 aliphatic heterocycles. The van der Waals surface area contributed by atoms with E-state index >= 15 is 0 Å². The standard InChI is InChI=1S/C29H32N6O2/c1-19(16-26(36)31-22-12-9-13-23(17-22)35-14-7-8-15-35)30-29(37)24-18-25(21-10-5-4-6-11-21)32-28-27(24)20(2)33-34(28)3/h4-6,9-13,17-19H,7-8,14-16H2,1-3H3,(H,30,37)(H,31,36). The maximum absolute atomic E-state index is 13.4. The molecule has 1 unspecified atom stereocenters. The third-order valence-corrected chi connectivity index (χ3v) is 6.75. The molecule has 1 aliphatic rings. The molecule has 37 heavy (non-hydrogen) atoms. The lowest BCUT2D eigenvalue weighted by atomic mass is 10.0. The van der Waals surface area contributed by atoms with Crippen molar-refractivity contribution >= 4 is 34.2 Å². The van der Waals surface area contributed by atoms with Gasteiger partial charge in [-0.15, -0.1) is 0 Å². The lowest BCUT2D eigenvalue weighted by Crippen LogP contribution is -2.35. The minimum atomic E-state index is -0.366. The number of nitrogens with zero attached hydrogens (tertiary/aromatic N) is 4. The molecule has 0 aliphatic carbocycles. The summed E-state index contributed by atoms with van der Waals surface area (Å²) in [7, 11) is 1.82. The number of amides is 2. The van der Waals surface area contributed by atoms with Crippen LogP contribution in [0.3, 0.4) is 0 Å². The summed E-state index contributed by atoms with van der Waals surface area (Å²) in [4.78, 5) is 33.3. The molecule has 1 fully saturated rings. The van der Waals surface area contributed by atoms with Crippen LogP contribution in [0.4, 0.5) is 11.4 Å². The summed E-state index contributed by atoms with van der Waals surface area (Å²) >= 11 is 0. The third-order valence-electron chi connectivity index (χ3n) is 6.75. The number of pyridine rings is 1. The van der Waals surface area contributed by atoms with Crippen LogP contribution in [0.5, 0.6) is 0 Å². The number of carbonyl (C=O) groups excluding carboxylic acids is 2. The van der Waals surface area contributed by atoms with Gasteiger partial charge >= 0.3 is 0 Å². The van der Waals surface area contributed by atoms with Crippen molar-refractivity contribution in [1.29, 1.82) is 0 Å². The Morgan fingerprint density at radius 3 is 2.54 bits per heavy atom. The highest BCUT2D eigenvalue weighted by atomic mass is 16.2. The van der Waals surface area contributed by atoms with Gasteiger partial charge in [-0.25, -0.2) is 4.98 Å². The van der Waals surface area contributed by atoms with Crippen LogP contribution in [0.2, 0.25) is 0 Å². The fourth-order valence-electron chi connectivity index (χ4n) is 4.98. The minimum absolute atomic E-state index is 0.145. The maximum atomic E-state index is 13.4. The maximum Gasteiger partial charge on any atom is 0.252 e. The second-order valence-electron chi connectivity index (χ2n) is 9.70. The molecule has 0 saturated carbocycles. The number of hydrogen-bond acceptors (Lipinski definition) is 5. The van der Waals surface area contributed by atoms with Gasteiger partial charge in [-0.1, -0.05) is 36.4 Å². The topological polar surface area (TPSA) is 92.1 Å². The normalized spacial score (nSPS) is 14.1. The first-order valence-corrected chi connectivity index (χ1v) is 12.7. The van der Waals surface area contributed by atoms with E-state index in [0.717, 1.165) is 41.1 Å². The number of fused-ring (bicyclic) bond motifs is 1. The van der Waals surface area contributed by atoms with Crippen LogP contribution in [0.25, 0.3) is 22.3 Å². The number of hydrogen-bond donors (Lipinski definition) is 2. The monoisotopic (exact) mass is 496 g/mol. The fourth-order valence-corrected chi connectivity index (χ4v) is 4.98. The van der Waals surface area contributed by atoms with Crippen LogP contribution in [0, 0.1) is 6.92 Å². The second kappa shape index (κ2) is 10.4. The first kappa shape index (κ1) is 24.5. The highest BCUT2D eigenvalue weighted by molar-refractivity contribution is 6.07. The van der Waals surface area contributed by atoms with Crippen LogP contribution >= 0.6 is 0 Å². The lowest BCUT2D eigenvalue weighted by Gasteiger charge is -2.19. The van der Waals surface area contributed by atoms with Gasteiger partial charge in [-0.05, 0) is 51.0 Å². The molecule has 2 aromatic carbocycles. The summed E-state index contributed by atoms with van der Waals surface area (Å²) < 4.78 is 1.70. The van der Waals surface area contributed by atoms with Gasteiger partial charge in [0.25, 0.3) is 5.91 Å². The number of aryl methyl sites for hydroxylation is 2. The Balaban J connectivity index is 1.30. The van der Waals surface area contributed by atoms with Crippen molar-refractivity contribution in [2.45, 2.75) is 39.2 Å². The molecule has 4 aromatic rings. The molecule has 0 radical (unpaired) electrons. The van der Waals surface area contributed by atoms with E-state index in [1.165, 1.54) is 12.8 Å². The summed E-state index contributed by atoms with van der Waals surface area (Å²) in [5.41, 5.74) is 5.39. The highest BCUT2D eigenvalue weighted by Crippen LogP contribution is 2.27. The zero-order valence-corrected chi connectivity index (χ0v) is 21.5. The van der Waals surface area contributed by atoms with E-state index in [2.05, 4.69) is 26.7 Å². The molecule has 8 heteroatoms. The van der Waals surface area contributed by atoms with Gasteiger partial charge in [0.15, 0.2) is 5.65 Å². The van der Waals surface area contributed by atoms with E-state index in [9.17, 15) is 9.59 Å². The van der Waals surface area contributed by atoms with Crippen LogP contribution in [-0.4, -0.2) is 45.7 Å². The fraction of sp³-hybridized carbons (Fsp3) is 0.310. The average molecular weight is 497 g/mol. The number of benzene rings is 2. The molecule has 1 saturated heterocycles. The van der Waals surface area contributed by atoms with E-state index in [4.69, 9.17) is 4.98 Å². The van der Waals surface area contributed by atoms with Crippen LogP contribution < -0.4 is 15.5 Å². The number of rotatable bonds is 7. The highest BCUT2D eigenvalue weighted by Gasteiger charge is 2.21. The molecular formula is C29H32N6O2. The SMILES string of the molecule is Cc1nn(C)c2nc(-c3ccccc3)cc(C(=O)NC(C)CC(=O)Nc3cccc(N4CCCC4)c3)c12. The first-order valence-electron chi connectivity index (χ1n) is 12.7. The van der Waals surface area contributed by atoms with Gasteiger partial charge in [-0.2, -0.15) is 5.10 Å². The van der Waals surface area contributed by atoms with Gasteiger partial charge in [0.2, 0.25) is 5.91 Å². The molecule has 3 heterocycles. The summed E-state index contributed by atoms with van der Waals surface area (Å²) in [6, 6.07) is 19.1. The quantitative estimate of drug-likeness (QED) is 0.387. The molecule has 2 amide bonds. The van der Waals surface area contributed by atoms with Crippen molar-refractivity contribution in [3.63, 3.8) is 0 Å². The molecule has 2 aromatic heterocycles. The Hall–Kier alpha value is -4.20. The Bertz CT molecular complexity index is 1440. The zero-order chi connectivity index (χ0) is 25.9. The van der Waals surface area contributed by atoms with Crippen molar-refractivity contribution in [2.75, 3.05) is 23.3 Å². The molecule has 1 atom stereocenters. The Morgan fingerprint density at radius 1 is 1.03 bits per heavy atom. The Kier molecular flexibility index (Phi) is 6.90. The molecule has 2 N–H and O–H groups in total. The average Bonchev–Trinajstić information content (AvgIpc) is 3.52. The largest absolute Gasteiger partial charge is 0.371 e. The second-order valence-corrected chi connectivity index (χ2v) is 9.70. The van der Waals surface area contributed by atoms with Crippen molar-refractivity contribution in [3.05, 3.63) is 71.9 Å². The van der Waals surface area contributed by atoms with Gasteiger partial charge in [0.1, 0.15) is 0 Å². The van der Waals surface area contributed by atoms with Crippen molar-refractivity contribution in [3.8, 4) is 11.3 Å². The molecule has 190 valence electrons. The van der Waals surface area contributed by atoms with Gasteiger partial charge in [0, 0.05) is 49.5 Å². The molecule has 8 nitrogen and oxygen atoms in total. The van der Waals surface area contributed by atoms with Crippen molar-refractivity contribution in [2.24, 2.45) is 7.05 Å². The van der Waals surface area contributed by atoms with E-state index in [0.29, 0.717) is 16.9 Å². The Morgan fingerprint density at radius 2 is 1.78 bits per heavy atom. The van der Waals surface area contributed by atoms with Gasteiger partial charge in [0.05, 0.1) is 22.3 Å². The van der Waals surface area contributed by atoms with Gasteiger partial charge < -0.3 is 15.5 Å². The smallest absolute Gasteiger partial charge is 0.252 e. The van der Waals surface area contributed by atoms with Gasteiger partial charge in [-0.3, -0.25) is 14.3 Å². The number of carbonyl (C=O) groups is 2. The molecule has 0 spiro atoms. The predicted molar refractivity (Wildman–Crippen MR) is 147 cm³/mol. The molecular weight excluding hydrogens is 464 g/mol. The molecule has 0 bridgehead atoms. The van der Waals surface area contributed by atoms with E-state index in [1.54, 1.807) is 10.7 Å². The first-order chi connectivity index (χ1) is 17.9. The summed E-state index contributed by atoms with van der Waals surface area (Å²) in [6.07, 6.45) is 2.55. The summed E-state index contributed by atoms with van der Waals surface area (Å²) in [6.45, 7) is 5.80. The van der Waals surface area contributed by atoms with E-state index < -0.39 is 0 Å².